The summed E-state index contributed by atoms with van der Waals surface area (Å²) in [5, 5.41) is 7.13. The van der Waals surface area contributed by atoms with Gasteiger partial charge in [0.05, 0.1) is 22.1 Å². The molecule has 0 aliphatic heterocycles. The lowest BCUT2D eigenvalue weighted by Crippen LogP contribution is -1.95. The zero-order valence-corrected chi connectivity index (χ0v) is 30.9. The number of hydrogen-bond acceptors (Lipinski definition) is 1. The largest absolute Gasteiger partial charge is 0.456 e. The standard InChI is InChI=1S/C54H34N2O/c1-4-14-35(15-5-1)38-24-28-49-46(32-38)54-50(29-27-41(36-16-6-2-7-17-36)53(54)37-18-8-3-9-19-37)56(49)40-26-31-52-45(34-40)44-33-39(25-30-51(44)57-52)55-47-22-12-10-20-42(47)43-21-11-13-23-48(43)55/h1-34H. The number of nitrogens with zero attached hydrogens (tertiary/aromatic N) is 2. The van der Waals surface area contributed by atoms with E-state index in [-0.39, 0.29) is 0 Å². The molecule has 0 bridgehead atoms. The Bertz CT molecular complexity index is 3440. The maximum absolute atomic E-state index is 6.53. The van der Waals surface area contributed by atoms with Crippen LogP contribution in [0.3, 0.4) is 0 Å². The van der Waals surface area contributed by atoms with E-state index in [1.165, 1.54) is 66.0 Å². The van der Waals surface area contributed by atoms with E-state index in [0.717, 1.165) is 44.3 Å². The number of benzene rings is 9. The van der Waals surface area contributed by atoms with Gasteiger partial charge in [-0.2, -0.15) is 0 Å². The summed E-state index contributed by atoms with van der Waals surface area (Å²) in [5.74, 6) is 0. The normalized spacial score (nSPS) is 11.9. The van der Waals surface area contributed by atoms with Crippen LogP contribution in [-0.2, 0) is 0 Å². The summed E-state index contributed by atoms with van der Waals surface area (Å²) in [4.78, 5) is 0. The van der Waals surface area contributed by atoms with Crippen molar-refractivity contribution in [1.82, 2.24) is 9.13 Å². The predicted molar refractivity (Wildman–Crippen MR) is 239 cm³/mol. The summed E-state index contributed by atoms with van der Waals surface area (Å²) in [7, 11) is 0. The molecule has 266 valence electrons. The Morgan fingerprint density at radius 1 is 0.298 bits per heavy atom. The Hall–Kier alpha value is -7.62. The highest BCUT2D eigenvalue weighted by Crippen LogP contribution is 2.45. The molecule has 0 fully saturated rings. The topological polar surface area (TPSA) is 23.0 Å². The molecule has 0 atom stereocenters. The highest BCUT2D eigenvalue weighted by Gasteiger charge is 2.22. The Kier molecular flexibility index (Phi) is 6.93. The van der Waals surface area contributed by atoms with Gasteiger partial charge in [-0.15, -0.1) is 0 Å². The molecule has 9 aromatic carbocycles. The van der Waals surface area contributed by atoms with Crippen molar-refractivity contribution in [2.45, 2.75) is 0 Å². The zero-order chi connectivity index (χ0) is 37.5. The molecule has 3 heterocycles. The van der Waals surface area contributed by atoms with E-state index in [0.29, 0.717) is 0 Å². The van der Waals surface area contributed by atoms with E-state index in [1.807, 2.05) is 0 Å². The van der Waals surface area contributed by atoms with Crippen LogP contribution in [-0.4, -0.2) is 9.13 Å². The Morgan fingerprint density at radius 3 is 1.40 bits per heavy atom. The van der Waals surface area contributed by atoms with Crippen LogP contribution in [0.25, 0.3) is 110 Å². The van der Waals surface area contributed by atoms with Crippen LogP contribution in [0, 0.1) is 0 Å². The second-order valence-electron chi connectivity index (χ2n) is 14.9. The molecule has 3 heteroatoms. The third-order valence-corrected chi connectivity index (χ3v) is 11.7. The van der Waals surface area contributed by atoms with E-state index < -0.39 is 0 Å². The smallest absolute Gasteiger partial charge is 0.135 e. The van der Waals surface area contributed by atoms with Crippen molar-refractivity contribution in [1.29, 1.82) is 0 Å². The van der Waals surface area contributed by atoms with Crippen LogP contribution >= 0.6 is 0 Å². The fourth-order valence-electron chi connectivity index (χ4n) is 9.20. The van der Waals surface area contributed by atoms with Crippen LogP contribution in [0.15, 0.2) is 211 Å². The van der Waals surface area contributed by atoms with Crippen molar-refractivity contribution in [3.05, 3.63) is 206 Å². The fraction of sp³-hybridized carbons (Fsp3) is 0. The number of fused-ring (bicyclic) bond motifs is 9. The summed E-state index contributed by atoms with van der Waals surface area (Å²) >= 11 is 0. The molecule has 0 unspecified atom stereocenters. The minimum absolute atomic E-state index is 0.872. The Balaban J connectivity index is 1.14. The fourth-order valence-corrected chi connectivity index (χ4v) is 9.20. The minimum atomic E-state index is 0.872. The second-order valence-corrected chi connectivity index (χ2v) is 14.9. The van der Waals surface area contributed by atoms with E-state index in [9.17, 15) is 0 Å². The molecular weight excluding hydrogens is 693 g/mol. The van der Waals surface area contributed by atoms with Gasteiger partial charge in [-0.1, -0.05) is 140 Å². The van der Waals surface area contributed by atoms with Crippen LogP contribution < -0.4 is 0 Å². The number of rotatable bonds is 5. The molecule has 12 aromatic rings. The average molecular weight is 727 g/mol. The van der Waals surface area contributed by atoms with E-state index in [2.05, 4.69) is 215 Å². The molecule has 0 N–H and O–H groups in total. The summed E-state index contributed by atoms with van der Waals surface area (Å²) < 4.78 is 11.3. The number of aromatic nitrogens is 2. The van der Waals surface area contributed by atoms with Gasteiger partial charge >= 0.3 is 0 Å². The third-order valence-electron chi connectivity index (χ3n) is 11.7. The highest BCUT2D eigenvalue weighted by atomic mass is 16.3. The number of furan rings is 1. The molecule has 57 heavy (non-hydrogen) atoms. The van der Waals surface area contributed by atoms with Crippen molar-refractivity contribution in [2.24, 2.45) is 0 Å². The van der Waals surface area contributed by atoms with Gasteiger partial charge in [0.25, 0.3) is 0 Å². The van der Waals surface area contributed by atoms with Crippen molar-refractivity contribution < 1.29 is 4.42 Å². The first-order valence-electron chi connectivity index (χ1n) is 19.5. The maximum Gasteiger partial charge on any atom is 0.135 e. The first kappa shape index (κ1) is 31.7. The summed E-state index contributed by atoms with van der Waals surface area (Å²) in [6, 6.07) is 74.5. The van der Waals surface area contributed by atoms with Gasteiger partial charge in [0.2, 0.25) is 0 Å². The first-order chi connectivity index (χ1) is 28.3. The Labute approximate surface area is 328 Å². The van der Waals surface area contributed by atoms with Gasteiger partial charge in [0.15, 0.2) is 0 Å². The van der Waals surface area contributed by atoms with Gasteiger partial charge in [-0.3, -0.25) is 0 Å². The molecule has 12 rings (SSSR count). The third kappa shape index (κ3) is 4.86. The summed E-state index contributed by atoms with van der Waals surface area (Å²) in [6.07, 6.45) is 0. The van der Waals surface area contributed by atoms with Crippen molar-refractivity contribution in [3.63, 3.8) is 0 Å². The van der Waals surface area contributed by atoms with E-state index >= 15 is 0 Å². The molecule has 0 amide bonds. The molecule has 3 aromatic heterocycles. The van der Waals surface area contributed by atoms with Crippen LogP contribution in [0.4, 0.5) is 0 Å². The van der Waals surface area contributed by atoms with Gasteiger partial charge < -0.3 is 13.6 Å². The molecule has 0 spiro atoms. The van der Waals surface area contributed by atoms with Gasteiger partial charge in [0.1, 0.15) is 11.2 Å². The maximum atomic E-state index is 6.53. The molecule has 0 saturated heterocycles. The van der Waals surface area contributed by atoms with E-state index in [4.69, 9.17) is 4.42 Å². The van der Waals surface area contributed by atoms with Crippen molar-refractivity contribution in [3.8, 4) is 44.8 Å². The Morgan fingerprint density at radius 2 is 0.789 bits per heavy atom. The second kappa shape index (κ2) is 12.5. The van der Waals surface area contributed by atoms with Gasteiger partial charge in [-0.25, -0.2) is 0 Å². The lowest BCUT2D eigenvalue weighted by molar-refractivity contribution is 0.669. The molecule has 0 aliphatic carbocycles. The van der Waals surface area contributed by atoms with Gasteiger partial charge in [0, 0.05) is 43.7 Å². The SMILES string of the molecule is c1ccc(-c2ccc3c(c2)c2c(-c4ccccc4)c(-c4ccccc4)ccc2n3-c2ccc3oc4ccc(-n5c6ccccc6c6ccccc65)cc4c3c2)cc1. The summed E-state index contributed by atoms with van der Waals surface area (Å²) in [6.45, 7) is 0. The van der Waals surface area contributed by atoms with Crippen molar-refractivity contribution in [2.75, 3.05) is 0 Å². The lowest BCUT2D eigenvalue weighted by Gasteiger charge is -2.14. The molecule has 3 nitrogen and oxygen atoms in total. The number of para-hydroxylation sites is 2. The van der Waals surface area contributed by atoms with Gasteiger partial charge in [-0.05, 0) is 100 Å². The predicted octanol–water partition coefficient (Wildman–Crippen LogP) is 14.8. The zero-order valence-electron chi connectivity index (χ0n) is 30.9. The average Bonchev–Trinajstić information content (AvgIpc) is 3.94. The van der Waals surface area contributed by atoms with Crippen LogP contribution in [0.5, 0.6) is 0 Å². The molecular formula is C54H34N2O. The molecule has 0 aliphatic rings. The van der Waals surface area contributed by atoms with E-state index in [1.54, 1.807) is 0 Å². The lowest BCUT2D eigenvalue weighted by atomic mass is 9.90. The summed E-state index contributed by atoms with van der Waals surface area (Å²) in [5.41, 5.74) is 15.9. The minimum Gasteiger partial charge on any atom is -0.456 e. The molecule has 0 radical (unpaired) electrons. The quantitative estimate of drug-likeness (QED) is 0.173. The molecule has 0 saturated carbocycles. The number of hydrogen-bond donors (Lipinski definition) is 0. The van der Waals surface area contributed by atoms with Crippen LogP contribution in [0.2, 0.25) is 0 Å². The monoisotopic (exact) mass is 726 g/mol. The van der Waals surface area contributed by atoms with Crippen molar-refractivity contribution >= 4 is 65.6 Å². The highest BCUT2D eigenvalue weighted by molar-refractivity contribution is 6.20. The first-order valence-corrected chi connectivity index (χ1v) is 19.5. The van der Waals surface area contributed by atoms with Crippen LogP contribution in [0.1, 0.15) is 0 Å².